The molecule has 0 amide bonds. The topological polar surface area (TPSA) is 47.8 Å². The Labute approximate surface area is 126 Å². The number of nitrogens with zero attached hydrogens (tertiary/aromatic N) is 3. The highest BCUT2D eigenvalue weighted by atomic mass is 16.2. The van der Waals surface area contributed by atoms with E-state index in [9.17, 15) is 4.79 Å². The maximum atomic E-state index is 12.2. The molecule has 0 unspecified atom stereocenters. The van der Waals surface area contributed by atoms with E-state index in [0.717, 1.165) is 23.9 Å². The second-order valence-corrected chi connectivity index (χ2v) is 5.61. The largest absolute Gasteiger partial charge is 0.273 e. The summed E-state index contributed by atoms with van der Waals surface area (Å²) in [6.07, 6.45) is 10.5. The molecule has 2 rings (SSSR count). The van der Waals surface area contributed by atoms with Crippen LogP contribution in [-0.4, -0.2) is 20.9 Å². The number of fused-ring (bicyclic) bond motifs is 1. The van der Waals surface area contributed by atoms with Crippen LogP contribution in [0.3, 0.4) is 0 Å². The van der Waals surface area contributed by atoms with Crippen molar-refractivity contribution in [2.24, 2.45) is 0 Å². The highest BCUT2D eigenvalue weighted by Crippen LogP contribution is 2.13. The standard InChI is InChI=1S/C17H25N3O/c1-2-3-4-5-6-7-8-9-14-17(21)20-16-13-11-10-12-15(16)18-19-20/h10-13H,2-9,14H2,1H3. The van der Waals surface area contributed by atoms with E-state index < -0.39 is 0 Å². The second-order valence-electron chi connectivity index (χ2n) is 5.61. The number of benzene rings is 1. The summed E-state index contributed by atoms with van der Waals surface area (Å²) in [5.41, 5.74) is 1.59. The van der Waals surface area contributed by atoms with Gasteiger partial charge in [-0.3, -0.25) is 4.79 Å². The van der Waals surface area contributed by atoms with Crippen LogP contribution in [0, 0.1) is 0 Å². The van der Waals surface area contributed by atoms with Crippen molar-refractivity contribution in [2.75, 3.05) is 0 Å². The minimum absolute atomic E-state index is 0.0506. The molecule has 0 spiro atoms. The van der Waals surface area contributed by atoms with Crippen molar-refractivity contribution >= 4 is 16.9 Å². The zero-order chi connectivity index (χ0) is 14.9. The number of aromatic nitrogens is 3. The lowest BCUT2D eigenvalue weighted by atomic mass is 10.1. The van der Waals surface area contributed by atoms with Gasteiger partial charge in [-0.1, -0.05) is 69.2 Å². The van der Waals surface area contributed by atoms with Crippen molar-refractivity contribution in [2.45, 2.75) is 64.7 Å². The molecule has 0 radical (unpaired) electrons. The summed E-state index contributed by atoms with van der Waals surface area (Å²) in [7, 11) is 0. The summed E-state index contributed by atoms with van der Waals surface area (Å²) in [5.74, 6) is 0.0506. The van der Waals surface area contributed by atoms with Gasteiger partial charge in [0.05, 0.1) is 5.52 Å². The van der Waals surface area contributed by atoms with E-state index in [1.807, 2.05) is 24.3 Å². The fourth-order valence-corrected chi connectivity index (χ4v) is 2.57. The Hall–Kier alpha value is -1.71. The molecule has 0 N–H and O–H groups in total. The third-order valence-electron chi connectivity index (χ3n) is 3.83. The van der Waals surface area contributed by atoms with Crippen molar-refractivity contribution in [1.82, 2.24) is 15.0 Å². The smallest absolute Gasteiger partial charge is 0.248 e. The lowest BCUT2D eigenvalue weighted by Crippen LogP contribution is -2.12. The molecular weight excluding hydrogens is 262 g/mol. The van der Waals surface area contributed by atoms with Gasteiger partial charge in [0.1, 0.15) is 5.52 Å². The highest BCUT2D eigenvalue weighted by Gasteiger charge is 2.10. The summed E-state index contributed by atoms with van der Waals surface area (Å²) in [4.78, 5) is 12.2. The van der Waals surface area contributed by atoms with Crippen LogP contribution in [0.25, 0.3) is 11.0 Å². The van der Waals surface area contributed by atoms with Gasteiger partial charge in [-0.25, -0.2) is 0 Å². The quantitative estimate of drug-likeness (QED) is 0.633. The third-order valence-corrected chi connectivity index (χ3v) is 3.83. The highest BCUT2D eigenvalue weighted by molar-refractivity contribution is 5.88. The van der Waals surface area contributed by atoms with Crippen LogP contribution in [-0.2, 0) is 0 Å². The number of unbranched alkanes of at least 4 members (excludes halogenated alkanes) is 7. The second kappa shape index (κ2) is 8.55. The van der Waals surface area contributed by atoms with Crippen LogP contribution in [0.15, 0.2) is 24.3 Å². The molecular formula is C17H25N3O. The SMILES string of the molecule is CCCCCCCCCCC(=O)n1nnc2ccccc21. The predicted octanol–water partition coefficient (Wildman–Crippen LogP) is 4.60. The molecule has 0 aliphatic rings. The predicted molar refractivity (Wildman–Crippen MR) is 85.4 cm³/mol. The van der Waals surface area contributed by atoms with E-state index in [1.165, 1.54) is 43.2 Å². The van der Waals surface area contributed by atoms with E-state index in [1.54, 1.807) is 0 Å². The molecule has 0 saturated carbocycles. The number of hydrogen-bond acceptors (Lipinski definition) is 3. The van der Waals surface area contributed by atoms with E-state index >= 15 is 0 Å². The van der Waals surface area contributed by atoms with Crippen molar-refractivity contribution in [3.8, 4) is 0 Å². The summed E-state index contributed by atoms with van der Waals surface area (Å²) in [6.45, 7) is 2.24. The van der Waals surface area contributed by atoms with Crippen molar-refractivity contribution in [3.63, 3.8) is 0 Å². The normalized spacial score (nSPS) is 11.1. The molecule has 0 saturated heterocycles. The maximum absolute atomic E-state index is 12.2. The van der Waals surface area contributed by atoms with Crippen LogP contribution in [0.2, 0.25) is 0 Å². The van der Waals surface area contributed by atoms with Gasteiger partial charge in [0.15, 0.2) is 0 Å². The van der Waals surface area contributed by atoms with Gasteiger partial charge in [0.25, 0.3) is 0 Å². The van der Waals surface area contributed by atoms with Gasteiger partial charge >= 0.3 is 0 Å². The van der Waals surface area contributed by atoms with Crippen LogP contribution in [0.1, 0.15) is 69.5 Å². The Bertz CT molecular complexity index is 562. The molecule has 0 bridgehead atoms. The number of carbonyl (C=O) groups is 1. The average Bonchev–Trinajstić information content (AvgIpc) is 2.94. The molecule has 1 aromatic heterocycles. The minimum Gasteiger partial charge on any atom is -0.273 e. The molecule has 0 aliphatic carbocycles. The molecule has 4 nitrogen and oxygen atoms in total. The van der Waals surface area contributed by atoms with Gasteiger partial charge in [0.2, 0.25) is 5.91 Å². The summed E-state index contributed by atoms with van der Waals surface area (Å²) in [5, 5.41) is 7.98. The average molecular weight is 287 g/mol. The molecule has 1 heterocycles. The van der Waals surface area contributed by atoms with Gasteiger partial charge in [-0.05, 0) is 18.6 Å². The fraction of sp³-hybridized carbons (Fsp3) is 0.588. The van der Waals surface area contributed by atoms with E-state index in [2.05, 4.69) is 17.2 Å². The molecule has 1 aromatic carbocycles. The number of para-hydroxylation sites is 1. The van der Waals surface area contributed by atoms with Crippen LogP contribution in [0.4, 0.5) is 0 Å². The van der Waals surface area contributed by atoms with Crippen molar-refractivity contribution < 1.29 is 4.79 Å². The van der Waals surface area contributed by atoms with Crippen LogP contribution >= 0.6 is 0 Å². The first-order chi connectivity index (χ1) is 10.3. The van der Waals surface area contributed by atoms with Crippen molar-refractivity contribution in [3.05, 3.63) is 24.3 Å². The molecule has 0 aliphatic heterocycles. The Morgan fingerprint density at radius 2 is 1.67 bits per heavy atom. The molecule has 4 heteroatoms. The monoisotopic (exact) mass is 287 g/mol. The van der Waals surface area contributed by atoms with Gasteiger partial charge < -0.3 is 0 Å². The Morgan fingerprint density at radius 1 is 1.00 bits per heavy atom. The maximum Gasteiger partial charge on any atom is 0.248 e. The first-order valence-corrected chi connectivity index (χ1v) is 8.16. The first-order valence-electron chi connectivity index (χ1n) is 8.16. The van der Waals surface area contributed by atoms with Crippen LogP contribution in [0.5, 0.6) is 0 Å². The lowest BCUT2D eigenvalue weighted by molar-refractivity contribution is 0.0886. The molecule has 21 heavy (non-hydrogen) atoms. The van der Waals surface area contributed by atoms with Gasteiger partial charge in [-0.15, -0.1) is 5.10 Å². The molecule has 0 fully saturated rings. The van der Waals surface area contributed by atoms with E-state index in [4.69, 9.17) is 0 Å². The van der Waals surface area contributed by atoms with Crippen molar-refractivity contribution in [1.29, 1.82) is 0 Å². The number of rotatable bonds is 9. The van der Waals surface area contributed by atoms with E-state index in [-0.39, 0.29) is 5.91 Å². The third kappa shape index (κ3) is 4.66. The summed E-state index contributed by atoms with van der Waals surface area (Å²) in [6, 6.07) is 7.58. The Morgan fingerprint density at radius 3 is 2.43 bits per heavy atom. The fourth-order valence-electron chi connectivity index (χ4n) is 2.57. The van der Waals surface area contributed by atoms with Crippen LogP contribution < -0.4 is 0 Å². The first kappa shape index (κ1) is 15.7. The Balaban J connectivity index is 1.68. The van der Waals surface area contributed by atoms with Gasteiger partial charge in [-0.2, -0.15) is 4.68 Å². The molecule has 2 aromatic rings. The lowest BCUT2D eigenvalue weighted by Gasteiger charge is -2.02. The molecule has 0 atom stereocenters. The number of hydrogen-bond donors (Lipinski definition) is 0. The zero-order valence-corrected chi connectivity index (χ0v) is 12.9. The molecule has 114 valence electrons. The number of carbonyl (C=O) groups excluding carboxylic acids is 1. The minimum atomic E-state index is 0.0506. The van der Waals surface area contributed by atoms with Gasteiger partial charge in [0, 0.05) is 6.42 Å². The summed E-state index contributed by atoms with van der Waals surface area (Å²) < 4.78 is 1.44. The van der Waals surface area contributed by atoms with E-state index in [0.29, 0.717) is 6.42 Å². The Kier molecular flexibility index (Phi) is 6.38. The summed E-state index contributed by atoms with van der Waals surface area (Å²) >= 11 is 0. The zero-order valence-electron chi connectivity index (χ0n) is 12.9.